The number of fused-ring (bicyclic) bond motifs is 1. The van der Waals surface area contributed by atoms with E-state index >= 15 is 0 Å². The van der Waals surface area contributed by atoms with Crippen molar-refractivity contribution < 1.29 is 9.90 Å². The van der Waals surface area contributed by atoms with Crippen LogP contribution in [0.5, 0.6) is 5.75 Å². The van der Waals surface area contributed by atoms with E-state index in [1.807, 2.05) is 37.3 Å². The minimum absolute atomic E-state index is 0.201. The van der Waals surface area contributed by atoms with Crippen molar-refractivity contribution >= 4 is 40.2 Å². The quantitative estimate of drug-likeness (QED) is 0.461. The maximum absolute atomic E-state index is 11.7. The van der Waals surface area contributed by atoms with Gasteiger partial charge in [-0.15, -0.1) is 0 Å². The van der Waals surface area contributed by atoms with Crippen LogP contribution in [-0.2, 0) is 0 Å². The Morgan fingerprint density at radius 1 is 1.07 bits per heavy atom. The highest BCUT2D eigenvalue weighted by Crippen LogP contribution is 2.36. The van der Waals surface area contributed by atoms with Crippen molar-refractivity contribution in [3.8, 4) is 5.75 Å². The summed E-state index contributed by atoms with van der Waals surface area (Å²) in [5.74, 6) is 0.266. The second-order valence-corrected chi connectivity index (χ2v) is 7.46. The average Bonchev–Trinajstić information content (AvgIpc) is 2.70. The average molecular weight is 403 g/mol. The molecule has 1 amide bonds. The molecule has 2 aromatic carbocycles. The molecule has 0 aliphatic heterocycles. The molecule has 0 fully saturated rings. The fourth-order valence-electron chi connectivity index (χ4n) is 2.78. The molecule has 2 aromatic heterocycles. The summed E-state index contributed by atoms with van der Waals surface area (Å²) < 4.78 is 0. The van der Waals surface area contributed by atoms with Gasteiger partial charge in [0.25, 0.3) is 0 Å². The van der Waals surface area contributed by atoms with Crippen molar-refractivity contribution in [2.75, 3.05) is 5.32 Å². The number of primary amides is 1. The van der Waals surface area contributed by atoms with Crippen LogP contribution in [-0.4, -0.2) is 26.0 Å². The van der Waals surface area contributed by atoms with Gasteiger partial charge in [0.1, 0.15) is 17.9 Å². The van der Waals surface area contributed by atoms with Gasteiger partial charge in [0.05, 0.1) is 11.1 Å². The van der Waals surface area contributed by atoms with Crippen molar-refractivity contribution in [2.45, 2.75) is 16.7 Å². The number of phenols is 1. The lowest BCUT2D eigenvalue weighted by molar-refractivity contribution is 0.100. The van der Waals surface area contributed by atoms with E-state index in [0.29, 0.717) is 22.7 Å². The SMILES string of the molecule is Cc1ccc2c(Nc3cc(C(N)=O)ccc3Sc3ccc(O)cc3)ncnc2n1. The lowest BCUT2D eigenvalue weighted by atomic mass is 10.2. The number of aromatic hydroxyl groups is 1. The monoisotopic (exact) mass is 403 g/mol. The molecule has 4 N–H and O–H groups in total. The van der Waals surface area contributed by atoms with E-state index in [4.69, 9.17) is 5.73 Å². The molecule has 0 saturated carbocycles. The van der Waals surface area contributed by atoms with E-state index in [0.717, 1.165) is 20.9 Å². The van der Waals surface area contributed by atoms with Crippen LogP contribution in [0.25, 0.3) is 11.0 Å². The summed E-state index contributed by atoms with van der Waals surface area (Å²) in [5.41, 5.74) is 7.98. The molecule has 0 radical (unpaired) electrons. The third-order valence-electron chi connectivity index (χ3n) is 4.22. The van der Waals surface area contributed by atoms with Crippen molar-refractivity contribution in [3.63, 3.8) is 0 Å². The van der Waals surface area contributed by atoms with Crippen LogP contribution in [0.1, 0.15) is 16.1 Å². The number of nitrogens with zero attached hydrogens (tertiary/aromatic N) is 3. The van der Waals surface area contributed by atoms with Gasteiger partial charge in [-0.05, 0) is 61.5 Å². The highest BCUT2D eigenvalue weighted by molar-refractivity contribution is 7.99. The number of nitrogens with one attached hydrogen (secondary N) is 1. The van der Waals surface area contributed by atoms with Gasteiger partial charge in [0.15, 0.2) is 5.65 Å². The van der Waals surface area contributed by atoms with E-state index in [2.05, 4.69) is 20.3 Å². The molecule has 0 aliphatic carbocycles. The lowest BCUT2D eigenvalue weighted by Crippen LogP contribution is -2.11. The van der Waals surface area contributed by atoms with E-state index in [1.165, 1.54) is 18.1 Å². The van der Waals surface area contributed by atoms with Crippen LogP contribution in [0.3, 0.4) is 0 Å². The number of carbonyl (C=O) groups excluding carboxylic acids is 1. The topological polar surface area (TPSA) is 114 Å². The zero-order valence-electron chi connectivity index (χ0n) is 15.5. The Balaban J connectivity index is 1.76. The highest BCUT2D eigenvalue weighted by atomic mass is 32.2. The Hall–Kier alpha value is -3.65. The number of benzene rings is 2. The predicted molar refractivity (Wildman–Crippen MR) is 113 cm³/mol. The van der Waals surface area contributed by atoms with Gasteiger partial charge in [0.2, 0.25) is 5.91 Å². The molecular weight excluding hydrogens is 386 g/mol. The minimum atomic E-state index is -0.515. The maximum atomic E-state index is 11.7. The molecule has 0 bridgehead atoms. The number of aromatic nitrogens is 3. The summed E-state index contributed by atoms with van der Waals surface area (Å²) in [6.45, 7) is 1.90. The Bertz CT molecular complexity index is 1210. The first-order valence-electron chi connectivity index (χ1n) is 8.76. The molecule has 4 aromatic rings. The molecule has 0 spiro atoms. The van der Waals surface area contributed by atoms with E-state index in [1.54, 1.807) is 24.3 Å². The summed E-state index contributed by atoms with van der Waals surface area (Å²) in [6, 6.07) is 15.9. The largest absolute Gasteiger partial charge is 0.508 e. The van der Waals surface area contributed by atoms with Crippen LogP contribution >= 0.6 is 11.8 Å². The Morgan fingerprint density at radius 3 is 2.62 bits per heavy atom. The molecule has 8 heteroatoms. The molecule has 4 rings (SSSR count). The summed E-state index contributed by atoms with van der Waals surface area (Å²) in [4.78, 5) is 26.5. The van der Waals surface area contributed by atoms with E-state index in [-0.39, 0.29) is 5.75 Å². The second kappa shape index (κ2) is 7.76. The molecule has 0 saturated heterocycles. The number of pyridine rings is 1. The zero-order chi connectivity index (χ0) is 20.4. The molecular formula is C21H17N5O2S. The Kier molecular flexibility index (Phi) is 5.01. The molecule has 0 atom stereocenters. The van der Waals surface area contributed by atoms with Crippen LogP contribution < -0.4 is 11.1 Å². The summed E-state index contributed by atoms with van der Waals surface area (Å²) in [5, 5.41) is 13.6. The maximum Gasteiger partial charge on any atom is 0.248 e. The molecule has 2 heterocycles. The highest BCUT2D eigenvalue weighted by Gasteiger charge is 2.12. The number of anilines is 2. The second-order valence-electron chi connectivity index (χ2n) is 6.34. The third-order valence-corrected chi connectivity index (χ3v) is 5.30. The van der Waals surface area contributed by atoms with Gasteiger partial charge >= 0.3 is 0 Å². The van der Waals surface area contributed by atoms with Gasteiger partial charge in [0, 0.05) is 21.0 Å². The van der Waals surface area contributed by atoms with Crippen molar-refractivity contribution in [3.05, 3.63) is 72.2 Å². The van der Waals surface area contributed by atoms with Gasteiger partial charge < -0.3 is 16.2 Å². The minimum Gasteiger partial charge on any atom is -0.508 e. The summed E-state index contributed by atoms with van der Waals surface area (Å²) in [7, 11) is 0. The van der Waals surface area contributed by atoms with Gasteiger partial charge in [-0.2, -0.15) is 0 Å². The summed E-state index contributed by atoms with van der Waals surface area (Å²) in [6.07, 6.45) is 1.45. The summed E-state index contributed by atoms with van der Waals surface area (Å²) >= 11 is 1.49. The van der Waals surface area contributed by atoms with Crippen LogP contribution in [0.15, 0.2) is 70.7 Å². The first kappa shape index (κ1) is 18.7. The Labute approximate surface area is 171 Å². The van der Waals surface area contributed by atoms with Gasteiger partial charge in [-0.3, -0.25) is 4.79 Å². The normalized spacial score (nSPS) is 10.8. The van der Waals surface area contributed by atoms with Crippen LogP contribution in [0.2, 0.25) is 0 Å². The van der Waals surface area contributed by atoms with E-state index in [9.17, 15) is 9.90 Å². The number of aryl methyl sites for hydroxylation is 1. The number of amides is 1. The fraction of sp³-hybridized carbons (Fsp3) is 0.0476. The van der Waals surface area contributed by atoms with Crippen molar-refractivity contribution in [1.82, 2.24) is 15.0 Å². The third kappa shape index (κ3) is 4.12. The van der Waals surface area contributed by atoms with E-state index < -0.39 is 5.91 Å². The van der Waals surface area contributed by atoms with Gasteiger partial charge in [-0.1, -0.05) is 11.8 Å². The molecule has 0 aliphatic rings. The van der Waals surface area contributed by atoms with Crippen LogP contribution in [0, 0.1) is 6.92 Å². The predicted octanol–water partition coefficient (Wildman–Crippen LogP) is 4.03. The number of hydrogen-bond acceptors (Lipinski definition) is 7. The molecule has 7 nitrogen and oxygen atoms in total. The van der Waals surface area contributed by atoms with Crippen molar-refractivity contribution in [2.24, 2.45) is 5.73 Å². The van der Waals surface area contributed by atoms with Crippen molar-refractivity contribution in [1.29, 1.82) is 0 Å². The van der Waals surface area contributed by atoms with Gasteiger partial charge in [-0.25, -0.2) is 15.0 Å². The standard InChI is InChI=1S/C21H17N5O2S/c1-12-2-8-16-20(25-12)23-11-24-21(16)26-17-10-13(19(22)28)3-9-18(17)29-15-6-4-14(27)5-7-15/h2-11,27H,1H3,(H2,22,28)(H,23,24,25,26). The number of nitrogens with two attached hydrogens (primary N) is 1. The first-order chi connectivity index (χ1) is 14.0. The number of phenolic OH excluding ortho intramolecular Hbond substituents is 1. The smallest absolute Gasteiger partial charge is 0.248 e. The molecule has 0 unspecified atom stereocenters. The van der Waals surface area contributed by atoms with Crippen LogP contribution in [0.4, 0.5) is 11.5 Å². The first-order valence-corrected chi connectivity index (χ1v) is 9.57. The fourth-order valence-corrected chi connectivity index (χ4v) is 3.66. The number of rotatable bonds is 5. The lowest BCUT2D eigenvalue weighted by Gasteiger charge is -2.14. The number of carbonyl (C=O) groups is 1. The molecule has 29 heavy (non-hydrogen) atoms. The number of hydrogen-bond donors (Lipinski definition) is 3. The Morgan fingerprint density at radius 2 is 1.86 bits per heavy atom. The molecule has 144 valence electrons. The zero-order valence-corrected chi connectivity index (χ0v) is 16.3.